The van der Waals surface area contributed by atoms with Crippen LogP contribution in [0.3, 0.4) is 0 Å². The van der Waals surface area contributed by atoms with Gasteiger partial charge in [-0.15, -0.1) is 0 Å². The summed E-state index contributed by atoms with van der Waals surface area (Å²) in [5, 5.41) is 3.28. The van der Waals surface area contributed by atoms with Crippen LogP contribution in [0.25, 0.3) is 0 Å². The smallest absolute Gasteiger partial charge is 0.132 e. The van der Waals surface area contributed by atoms with Gasteiger partial charge in [-0.05, 0) is 43.5 Å². The Labute approximate surface area is 136 Å². The van der Waals surface area contributed by atoms with Crippen molar-refractivity contribution in [3.63, 3.8) is 0 Å². The first kappa shape index (κ1) is 16.9. The van der Waals surface area contributed by atoms with Crippen LogP contribution >= 0.6 is 0 Å². The van der Waals surface area contributed by atoms with Gasteiger partial charge in [-0.3, -0.25) is 0 Å². The molecule has 0 unspecified atom stereocenters. The summed E-state index contributed by atoms with van der Waals surface area (Å²) >= 11 is 0. The van der Waals surface area contributed by atoms with Crippen molar-refractivity contribution in [2.75, 3.05) is 29.9 Å². The lowest BCUT2D eigenvalue weighted by Gasteiger charge is -2.12. The van der Waals surface area contributed by atoms with E-state index >= 15 is 0 Å². The highest BCUT2D eigenvalue weighted by molar-refractivity contribution is 5.53. The number of ether oxygens (including phenoxy) is 1. The first-order valence-corrected chi connectivity index (χ1v) is 7.90. The third-order valence-electron chi connectivity index (χ3n) is 3.52. The Morgan fingerprint density at radius 3 is 2.52 bits per heavy atom. The molecule has 0 amide bonds. The highest BCUT2D eigenvalue weighted by Crippen LogP contribution is 2.25. The van der Waals surface area contributed by atoms with Gasteiger partial charge in [0.25, 0.3) is 0 Å². The predicted molar refractivity (Wildman–Crippen MR) is 94.3 cm³/mol. The highest BCUT2D eigenvalue weighted by atomic mass is 19.1. The second-order valence-electron chi connectivity index (χ2n) is 5.47. The molecule has 4 nitrogen and oxygen atoms in total. The van der Waals surface area contributed by atoms with Crippen LogP contribution in [0.4, 0.5) is 21.5 Å². The fraction of sp³-hybridized carbons (Fsp3) is 0.333. The van der Waals surface area contributed by atoms with Gasteiger partial charge in [0, 0.05) is 41.3 Å². The van der Waals surface area contributed by atoms with Gasteiger partial charge in [0.1, 0.15) is 11.6 Å². The fourth-order valence-corrected chi connectivity index (χ4v) is 2.30. The molecule has 0 aliphatic rings. The molecule has 0 saturated heterocycles. The van der Waals surface area contributed by atoms with Crippen LogP contribution < -0.4 is 21.5 Å². The molecule has 0 radical (unpaired) electrons. The lowest BCUT2D eigenvalue weighted by Crippen LogP contribution is -2.06. The van der Waals surface area contributed by atoms with Gasteiger partial charge in [-0.2, -0.15) is 0 Å². The molecule has 124 valence electrons. The molecule has 0 bridgehead atoms. The second kappa shape index (κ2) is 8.27. The molecule has 2 aromatic carbocycles. The zero-order valence-electron chi connectivity index (χ0n) is 13.4. The van der Waals surface area contributed by atoms with Crippen molar-refractivity contribution in [2.45, 2.75) is 26.2 Å². The van der Waals surface area contributed by atoms with Crippen LogP contribution in [0, 0.1) is 5.82 Å². The molecule has 0 aliphatic carbocycles. The quantitative estimate of drug-likeness (QED) is 0.511. The monoisotopic (exact) mass is 317 g/mol. The van der Waals surface area contributed by atoms with Gasteiger partial charge in [0.2, 0.25) is 0 Å². The Balaban J connectivity index is 1.86. The number of halogens is 1. The molecular weight excluding hydrogens is 293 g/mol. The van der Waals surface area contributed by atoms with Crippen molar-refractivity contribution < 1.29 is 9.13 Å². The summed E-state index contributed by atoms with van der Waals surface area (Å²) in [6.45, 7) is 3.29. The maximum absolute atomic E-state index is 14.1. The number of anilines is 3. The normalized spacial score (nSPS) is 10.5. The summed E-state index contributed by atoms with van der Waals surface area (Å²) in [6, 6.07) is 10.6. The van der Waals surface area contributed by atoms with E-state index < -0.39 is 0 Å². The largest absolute Gasteiger partial charge is 0.493 e. The van der Waals surface area contributed by atoms with Gasteiger partial charge in [0.15, 0.2) is 0 Å². The van der Waals surface area contributed by atoms with Gasteiger partial charge in [0.05, 0.1) is 6.61 Å². The molecule has 2 rings (SSSR count). The minimum Gasteiger partial charge on any atom is -0.493 e. The first-order chi connectivity index (χ1) is 11.1. The summed E-state index contributed by atoms with van der Waals surface area (Å²) in [4.78, 5) is 0. The van der Waals surface area contributed by atoms with Crippen LogP contribution in [0.1, 0.15) is 25.3 Å². The predicted octanol–water partition coefficient (Wildman–Crippen LogP) is 3.82. The number of nitrogens with one attached hydrogen (secondary N) is 1. The zero-order chi connectivity index (χ0) is 16.7. The van der Waals surface area contributed by atoms with E-state index in [0.29, 0.717) is 30.0 Å². The highest BCUT2D eigenvalue weighted by Gasteiger charge is 2.09. The van der Waals surface area contributed by atoms with E-state index in [2.05, 4.69) is 5.32 Å². The molecule has 0 fully saturated rings. The Hall–Kier alpha value is -2.43. The van der Waals surface area contributed by atoms with Crippen molar-refractivity contribution in [3.8, 4) is 5.75 Å². The summed E-state index contributed by atoms with van der Waals surface area (Å²) < 4.78 is 19.6. The van der Waals surface area contributed by atoms with E-state index in [0.717, 1.165) is 30.8 Å². The molecule has 5 N–H and O–H groups in total. The number of hydrogen-bond donors (Lipinski definition) is 3. The average Bonchev–Trinajstić information content (AvgIpc) is 2.53. The van der Waals surface area contributed by atoms with Gasteiger partial charge in [-0.1, -0.05) is 6.92 Å². The van der Waals surface area contributed by atoms with Gasteiger partial charge < -0.3 is 21.5 Å². The first-order valence-electron chi connectivity index (χ1n) is 7.90. The zero-order valence-corrected chi connectivity index (χ0v) is 13.4. The van der Waals surface area contributed by atoms with Crippen molar-refractivity contribution in [1.29, 1.82) is 0 Å². The van der Waals surface area contributed by atoms with E-state index in [4.69, 9.17) is 16.2 Å². The maximum atomic E-state index is 14.1. The van der Waals surface area contributed by atoms with E-state index in [9.17, 15) is 4.39 Å². The van der Waals surface area contributed by atoms with E-state index in [1.807, 2.05) is 31.2 Å². The standard InChI is InChI=1S/C18H24FN3O/c1-2-10-23-15-11-17(19)16(18(21)12-15)4-3-9-22-14-7-5-13(20)6-8-14/h5-8,11-12,22H,2-4,9-10,20-21H2,1H3. The summed E-state index contributed by atoms with van der Waals surface area (Å²) in [6.07, 6.45) is 2.23. The van der Waals surface area contributed by atoms with Crippen LogP contribution in [-0.2, 0) is 6.42 Å². The van der Waals surface area contributed by atoms with Crippen molar-refractivity contribution in [3.05, 3.63) is 47.8 Å². The SMILES string of the molecule is CCCOc1cc(N)c(CCCNc2ccc(N)cc2)c(F)c1. The van der Waals surface area contributed by atoms with Crippen LogP contribution in [0.2, 0.25) is 0 Å². The molecule has 0 heterocycles. The van der Waals surface area contributed by atoms with Crippen molar-refractivity contribution in [1.82, 2.24) is 0 Å². The third kappa shape index (κ3) is 5.06. The van der Waals surface area contributed by atoms with E-state index in [1.165, 1.54) is 6.07 Å². The molecule has 2 aromatic rings. The van der Waals surface area contributed by atoms with Crippen LogP contribution in [0.5, 0.6) is 5.75 Å². The lowest BCUT2D eigenvalue weighted by atomic mass is 10.1. The molecule has 0 aliphatic heterocycles. The molecule has 23 heavy (non-hydrogen) atoms. The van der Waals surface area contributed by atoms with Crippen LogP contribution in [-0.4, -0.2) is 13.2 Å². The maximum Gasteiger partial charge on any atom is 0.132 e. The Kier molecular flexibility index (Phi) is 6.09. The topological polar surface area (TPSA) is 73.3 Å². The molecule has 5 heteroatoms. The van der Waals surface area contributed by atoms with Crippen LogP contribution in [0.15, 0.2) is 36.4 Å². The molecule has 0 saturated carbocycles. The molecule has 0 atom stereocenters. The molecule has 0 spiro atoms. The molecule has 0 aromatic heterocycles. The fourth-order valence-electron chi connectivity index (χ4n) is 2.30. The minimum absolute atomic E-state index is 0.302. The second-order valence-corrected chi connectivity index (χ2v) is 5.47. The number of nitrogen functional groups attached to an aromatic ring is 2. The van der Waals surface area contributed by atoms with Gasteiger partial charge >= 0.3 is 0 Å². The lowest BCUT2D eigenvalue weighted by molar-refractivity contribution is 0.316. The Morgan fingerprint density at radius 2 is 1.87 bits per heavy atom. The number of nitrogens with two attached hydrogens (primary N) is 2. The molecular formula is C18H24FN3O. The number of benzene rings is 2. The average molecular weight is 317 g/mol. The van der Waals surface area contributed by atoms with E-state index in [-0.39, 0.29) is 5.82 Å². The van der Waals surface area contributed by atoms with Gasteiger partial charge in [-0.25, -0.2) is 4.39 Å². The van der Waals surface area contributed by atoms with E-state index in [1.54, 1.807) is 6.07 Å². The number of hydrogen-bond acceptors (Lipinski definition) is 4. The Bertz CT molecular complexity index is 606. The number of rotatable bonds is 8. The Morgan fingerprint density at radius 1 is 1.13 bits per heavy atom. The summed E-state index contributed by atoms with van der Waals surface area (Å²) in [7, 11) is 0. The summed E-state index contributed by atoms with van der Waals surface area (Å²) in [5.74, 6) is 0.189. The summed E-state index contributed by atoms with van der Waals surface area (Å²) in [5.41, 5.74) is 14.3. The van der Waals surface area contributed by atoms with Crippen molar-refractivity contribution >= 4 is 17.1 Å². The minimum atomic E-state index is -0.302. The van der Waals surface area contributed by atoms with Crippen molar-refractivity contribution in [2.24, 2.45) is 0 Å². The third-order valence-corrected chi connectivity index (χ3v) is 3.52.